The van der Waals surface area contributed by atoms with E-state index in [1.165, 1.54) is 29.3 Å². The molecular weight excluding hydrogens is 382 g/mol. The highest BCUT2D eigenvalue weighted by Crippen LogP contribution is 2.44. The molecule has 1 aliphatic carbocycles. The van der Waals surface area contributed by atoms with Crippen molar-refractivity contribution in [3.05, 3.63) is 76.9 Å². The van der Waals surface area contributed by atoms with Crippen LogP contribution in [0.25, 0.3) is 6.08 Å². The summed E-state index contributed by atoms with van der Waals surface area (Å²) in [7, 11) is 0. The number of carbonyl (C=O) groups excluding carboxylic acids is 1. The summed E-state index contributed by atoms with van der Waals surface area (Å²) in [5.41, 5.74) is 3.63. The van der Waals surface area contributed by atoms with Crippen molar-refractivity contribution in [2.24, 2.45) is 11.0 Å². The van der Waals surface area contributed by atoms with Crippen molar-refractivity contribution >= 4 is 29.3 Å². The number of hydrazone groups is 1. The number of allylic oxidation sites excluding steroid dienone is 1. The fraction of sp³-hybridized carbons (Fsp3) is 0.273. The first-order valence-electron chi connectivity index (χ1n) is 9.25. The van der Waals surface area contributed by atoms with Crippen LogP contribution in [-0.2, 0) is 4.79 Å². The van der Waals surface area contributed by atoms with E-state index in [-0.39, 0.29) is 35.4 Å². The number of fused-ring (bicyclic) bond motifs is 1. The van der Waals surface area contributed by atoms with Crippen molar-refractivity contribution in [1.82, 2.24) is 5.01 Å². The Bertz CT molecular complexity index is 938. The van der Waals surface area contributed by atoms with Crippen molar-refractivity contribution in [2.45, 2.75) is 25.3 Å². The summed E-state index contributed by atoms with van der Waals surface area (Å²) in [5.74, 6) is -1.02. The molecule has 1 fully saturated rings. The Labute approximate surface area is 167 Å². The second-order valence-electron chi connectivity index (χ2n) is 7.07. The van der Waals surface area contributed by atoms with Gasteiger partial charge in [-0.15, -0.1) is 11.6 Å². The Morgan fingerprint density at radius 1 is 1.11 bits per heavy atom. The van der Waals surface area contributed by atoms with Gasteiger partial charge >= 0.3 is 0 Å². The number of hydrogen-bond donors (Lipinski definition) is 0. The standard InChI is InChI=1S/C22H19ClF2N2O/c23-13-20(28)27-22(15-6-10-18(25)11-7-15)19-3-1-2-16(21(19)26-27)12-14-4-8-17(24)9-5-14/h4-12,19,22H,1-3,13H2/b16-12-/t19-,22-/m0/s1. The summed E-state index contributed by atoms with van der Waals surface area (Å²) in [5, 5.41) is 6.08. The second kappa shape index (κ2) is 7.84. The highest BCUT2D eigenvalue weighted by Gasteiger charge is 2.43. The van der Waals surface area contributed by atoms with Gasteiger partial charge in [-0.25, -0.2) is 13.8 Å². The Hall–Kier alpha value is -2.53. The Kier molecular flexibility index (Phi) is 5.27. The zero-order valence-electron chi connectivity index (χ0n) is 15.1. The summed E-state index contributed by atoms with van der Waals surface area (Å²) >= 11 is 5.82. The third-order valence-electron chi connectivity index (χ3n) is 5.29. The highest BCUT2D eigenvalue weighted by molar-refractivity contribution is 6.27. The topological polar surface area (TPSA) is 32.7 Å². The van der Waals surface area contributed by atoms with Crippen LogP contribution in [0.4, 0.5) is 8.78 Å². The van der Waals surface area contributed by atoms with Gasteiger partial charge in [0, 0.05) is 5.92 Å². The lowest BCUT2D eigenvalue weighted by atomic mass is 9.77. The molecule has 1 amide bonds. The molecule has 1 saturated carbocycles. The molecule has 0 aromatic heterocycles. The van der Waals surface area contributed by atoms with E-state index >= 15 is 0 Å². The van der Waals surface area contributed by atoms with Gasteiger partial charge in [-0.1, -0.05) is 24.3 Å². The van der Waals surface area contributed by atoms with Gasteiger partial charge in [0.15, 0.2) is 0 Å². The molecule has 2 aromatic rings. The Balaban J connectivity index is 1.73. The second-order valence-corrected chi connectivity index (χ2v) is 7.34. The van der Waals surface area contributed by atoms with Crippen LogP contribution >= 0.6 is 11.6 Å². The number of hydrogen-bond acceptors (Lipinski definition) is 2. The van der Waals surface area contributed by atoms with Crippen molar-refractivity contribution in [1.29, 1.82) is 0 Å². The number of alkyl halides is 1. The average Bonchev–Trinajstić information content (AvgIpc) is 3.10. The van der Waals surface area contributed by atoms with Crippen LogP contribution < -0.4 is 0 Å². The van der Waals surface area contributed by atoms with Crippen LogP contribution in [0.1, 0.15) is 36.4 Å². The van der Waals surface area contributed by atoms with Gasteiger partial charge in [-0.2, -0.15) is 5.10 Å². The van der Waals surface area contributed by atoms with Gasteiger partial charge in [-0.3, -0.25) is 4.79 Å². The lowest BCUT2D eigenvalue weighted by molar-refractivity contribution is -0.130. The smallest absolute Gasteiger partial charge is 0.258 e. The normalized spacial score (nSPS) is 22.9. The molecule has 2 aliphatic rings. The Morgan fingerprint density at radius 3 is 2.39 bits per heavy atom. The molecule has 0 spiro atoms. The molecule has 1 heterocycles. The molecule has 0 unspecified atom stereocenters. The molecule has 2 aromatic carbocycles. The van der Waals surface area contributed by atoms with Gasteiger partial charge in [0.1, 0.15) is 17.5 Å². The molecule has 6 heteroatoms. The van der Waals surface area contributed by atoms with Crippen molar-refractivity contribution in [3.8, 4) is 0 Å². The van der Waals surface area contributed by atoms with E-state index < -0.39 is 0 Å². The number of benzene rings is 2. The predicted octanol–water partition coefficient (Wildman–Crippen LogP) is 5.33. The summed E-state index contributed by atoms with van der Waals surface area (Å²) in [6, 6.07) is 12.2. The predicted molar refractivity (Wildman–Crippen MR) is 106 cm³/mol. The third kappa shape index (κ3) is 3.59. The van der Waals surface area contributed by atoms with Crippen LogP contribution in [-0.4, -0.2) is 22.5 Å². The SMILES string of the molecule is O=C(CCl)N1N=C2/C(=C\c3ccc(F)cc3)CCC[C@@H]2[C@@H]1c1ccc(F)cc1. The van der Waals surface area contributed by atoms with Gasteiger partial charge < -0.3 is 0 Å². The third-order valence-corrected chi connectivity index (χ3v) is 5.52. The fourth-order valence-electron chi connectivity index (χ4n) is 4.02. The first kappa shape index (κ1) is 18.8. The maximum atomic E-state index is 13.4. The highest BCUT2D eigenvalue weighted by atomic mass is 35.5. The minimum Gasteiger partial charge on any atom is -0.272 e. The molecule has 28 heavy (non-hydrogen) atoms. The van der Waals surface area contributed by atoms with Gasteiger partial charge in [0.05, 0.1) is 11.8 Å². The summed E-state index contributed by atoms with van der Waals surface area (Å²) in [6.07, 6.45) is 4.68. The summed E-state index contributed by atoms with van der Waals surface area (Å²) < 4.78 is 26.6. The first-order chi connectivity index (χ1) is 13.6. The summed E-state index contributed by atoms with van der Waals surface area (Å²) in [6.45, 7) is 0. The molecule has 4 rings (SSSR count). The van der Waals surface area contributed by atoms with Gasteiger partial charge in [0.2, 0.25) is 0 Å². The van der Waals surface area contributed by atoms with Crippen molar-refractivity contribution in [3.63, 3.8) is 0 Å². The number of rotatable bonds is 3. The molecule has 0 bridgehead atoms. The van der Waals surface area contributed by atoms with Crippen molar-refractivity contribution < 1.29 is 13.6 Å². The molecule has 2 atom stereocenters. The quantitative estimate of drug-likeness (QED) is 0.641. The zero-order valence-corrected chi connectivity index (χ0v) is 15.9. The van der Waals surface area contributed by atoms with Crippen LogP contribution in [0.15, 0.2) is 59.2 Å². The molecule has 0 saturated heterocycles. The monoisotopic (exact) mass is 400 g/mol. The molecule has 0 radical (unpaired) electrons. The number of nitrogens with zero attached hydrogens (tertiary/aromatic N) is 2. The molecule has 3 nitrogen and oxygen atoms in total. The van der Waals surface area contributed by atoms with Crippen molar-refractivity contribution in [2.75, 3.05) is 5.88 Å². The van der Waals surface area contributed by atoms with E-state index in [0.717, 1.165) is 41.7 Å². The maximum Gasteiger partial charge on any atom is 0.258 e. The maximum absolute atomic E-state index is 13.4. The molecule has 144 valence electrons. The number of halogens is 3. The molecular formula is C22H19ClF2N2O. The van der Waals surface area contributed by atoms with E-state index in [1.807, 2.05) is 6.08 Å². The van der Waals surface area contributed by atoms with E-state index in [4.69, 9.17) is 11.6 Å². The lowest BCUT2D eigenvalue weighted by Crippen LogP contribution is -2.32. The zero-order chi connectivity index (χ0) is 19.7. The number of carbonyl (C=O) groups is 1. The molecule has 1 aliphatic heterocycles. The lowest BCUT2D eigenvalue weighted by Gasteiger charge is -2.29. The van der Waals surface area contributed by atoms with Crippen LogP contribution in [0, 0.1) is 17.6 Å². The largest absolute Gasteiger partial charge is 0.272 e. The van der Waals surface area contributed by atoms with Crippen LogP contribution in [0.3, 0.4) is 0 Å². The Morgan fingerprint density at radius 2 is 1.75 bits per heavy atom. The van der Waals surface area contributed by atoms with Gasteiger partial charge in [-0.05, 0) is 66.3 Å². The average molecular weight is 401 g/mol. The van der Waals surface area contributed by atoms with Crippen LogP contribution in [0.5, 0.6) is 0 Å². The van der Waals surface area contributed by atoms with E-state index in [1.54, 1.807) is 24.3 Å². The minimum atomic E-state index is -0.321. The molecule has 0 N–H and O–H groups in total. The minimum absolute atomic E-state index is 0.0260. The summed E-state index contributed by atoms with van der Waals surface area (Å²) in [4.78, 5) is 12.5. The van der Waals surface area contributed by atoms with E-state index in [9.17, 15) is 13.6 Å². The fourth-order valence-corrected chi connectivity index (χ4v) is 4.14. The first-order valence-corrected chi connectivity index (χ1v) is 9.79. The van der Waals surface area contributed by atoms with Crippen LogP contribution in [0.2, 0.25) is 0 Å². The number of amides is 1. The van der Waals surface area contributed by atoms with Gasteiger partial charge in [0.25, 0.3) is 5.91 Å². The van der Waals surface area contributed by atoms with E-state index in [0.29, 0.717) is 0 Å². The van der Waals surface area contributed by atoms with E-state index in [2.05, 4.69) is 5.10 Å².